The fraction of sp³-hybridized carbons (Fsp3) is 0.909. The summed E-state index contributed by atoms with van der Waals surface area (Å²) in [6.07, 6.45) is -0.152. The number of ether oxygens (including phenoxy) is 1. The van der Waals surface area contributed by atoms with Gasteiger partial charge in [0.1, 0.15) is 5.60 Å². The van der Waals surface area contributed by atoms with Crippen molar-refractivity contribution in [3.05, 3.63) is 0 Å². The maximum atomic E-state index is 11.8. The smallest absolute Gasteiger partial charge is 0.410 e. The summed E-state index contributed by atoms with van der Waals surface area (Å²) < 4.78 is 5.27. The molecule has 1 rings (SSSR count). The Bertz CT molecular complexity index is 250. The van der Waals surface area contributed by atoms with Crippen LogP contribution in [0.1, 0.15) is 27.2 Å². The molecule has 16 heavy (non-hydrogen) atoms. The third-order valence-electron chi connectivity index (χ3n) is 2.49. The molecule has 5 nitrogen and oxygen atoms in total. The van der Waals surface area contributed by atoms with E-state index in [-0.39, 0.29) is 12.1 Å². The van der Waals surface area contributed by atoms with Crippen molar-refractivity contribution in [1.82, 2.24) is 10.2 Å². The highest BCUT2D eigenvalue weighted by Crippen LogP contribution is 2.15. The van der Waals surface area contributed by atoms with E-state index < -0.39 is 11.7 Å². The Morgan fingerprint density at radius 3 is 2.56 bits per heavy atom. The monoisotopic (exact) mass is 230 g/mol. The van der Waals surface area contributed by atoms with E-state index in [4.69, 9.17) is 4.74 Å². The number of aliphatic hydroxyl groups excluding tert-OH is 1. The first-order chi connectivity index (χ1) is 7.31. The van der Waals surface area contributed by atoms with E-state index >= 15 is 0 Å². The van der Waals surface area contributed by atoms with Gasteiger partial charge in [-0.15, -0.1) is 0 Å². The second-order valence-electron chi connectivity index (χ2n) is 5.26. The van der Waals surface area contributed by atoms with E-state index in [2.05, 4.69) is 5.32 Å². The van der Waals surface area contributed by atoms with Crippen molar-refractivity contribution in [3.63, 3.8) is 0 Å². The second kappa shape index (κ2) is 5.01. The van der Waals surface area contributed by atoms with E-state index in [1.54, 1.807) is 4.90 Å². The number of carbonyl (C=O) groups excluding carboxylic acids is 1. The van der Waals surface area contributed by atoms with Crippen LogP contribution in [-0.2, 0) is 4.74 Å². The SMILES string of the molecule is CN[C@@H]1C[C@@H](O)CN(C(=O)OC(C)(C)C)C1. The number of nitrogens with zero attached hydrogens (tertiary/aromatic N) is 1. The van der Waals surface area contributed by atoms with Crippen molar-refractivity contribution in [2.75, 3.05) is 20.1 Å². The van der Waals surface area contributed by atoms with Crippen LogP contribution in [0.15, 0.2) is 0 Å². The lowest BCUT2D eigenvalue weighted by molar-refractivity contribution is -0.00172. The summed E-state index contributed by atoms with van der Waals surface area (Å²) in [6.45, 7) is 6.44. The molecule has 5 heteroatoms. The van der Waals surface area contributed by atoms with Crippen LogP contribution in [0.3, 0.4) is 0 Å². The van der Waals surface area contributed by atoms with Crippen molar-refractivity contribution in [3.8, 4) is 0 Å². The quantitative estimate of drug-likeness (QED) is 0.691. The zero-order chi connectivity index (χ0) is 12.3. The zero-order valence-electron chi connectivity index (χ0n) is 10.5. The number of aliphatic hydroxyl groups is 1. The first-order valence-corrected chi connectivity index (χ1v) is 5.65. The molecule has 1 aliphatic heterocycles. The number of nitrogens with one attached hydrogen (secondary N) is 1. The lowest BCUT2D eigenvalue weighted by Crippen LogP contribution is -2.53. The van der Waals surface area contributed by atoms with Crippen LogP contribution in [0.4, 0.5) is 4.79 Å². The van der Waals surface area contributed by atoms with Crippen molar-refractivity contribution < 1.29 is 14.6 Å². The van der Waals surface area contributed by atoms with E-state index in [0.717, 1.165) is 0 Å². The molecule has 0 bridgehead atoms. The number of rotatable bonds is 1. The van der Waals surface area contributed by atoms with Gasteiger partial charge >= 0.3 is 6.09 Å². The van der Waals surface area contributed by atoms with Crippen LogP contribution in [-0.4, -0.2) is 54.0 Å². The molecule has 0 aromatic heterocycles. The maximum Gasteiger partial charge on any atom is 0.410 e. The molecule has 1 heterocycles. The topological polar surface area (TPSA) is 61.8 Å². The number of likely N-dealkylation sites (tertiary alicyclic amines) is 1. The number of hydrogen-bond acceptors (Lipinski definition) is 4. The number of β-amino-alcohol motifs (C(OH)–C–C–N with tert-alkyl or cyclic N) is 1. The molecule has 0 aliphatic carbocycles. The van der Waals surface area contributed by atoms with Gasteiger partial charge in [-0.3, -0.25) is 0 Å². The van der Waals surface area contributed by atoms with Gasteiger partial charge in [0, 0.05) is 12.6 Å². The van der Waals surface area contributed by atoms with E-state index in [9.17, 15) is 9.90 Å². The highest BCUT2D eigenvalue weighted by molar-refractivity contribution is 5.68. The van der Waals surface area contributed by atoms with Gasteiger partial charge in [0.25, 0.3) is 0 Å². The van der Waals surface area contributed by atoms with Crippen molar-refractivity contribution in [2.45, 2.75) is 44.9 Å². The minimum absolute atomic E-state index is 0.135. The predicted molar refractivity (Wildman–Crippen MR) is 61.3 cm³/mol. The number of piperidine rings is 1. The fourth-order valence-electron chi connectivity index (χ4n) is 1.76. The molecule has 0 spiro atoms. The molecule has 0 aromatic rings. The summed E-state index contributed by atoms with van der Waals surface area (Å²) in [4.78, 5) is 13.3. The Balaban J connectivity index is 2.55. The second-order valence-corrected chi connectivity index (χ2v) is 5.26. The minimum Gasteiger partial charge on any atom is -0.444 e. The Kier molecular flexibility index (Phi) is 4.15. The van der Waals surface area contributed by atoms with Gasteiger partial charge in [-0.2, -0.15) is 0 Å². The van der Waals surface area contributed by atoms with Gasteiger partial charge in [0.15, 0.2) is 0 Å². The number of carbonyl (C=O) groups is 1. The number of hydrogen-bond donors (Lipinski definition) is 2. The molecule has 0 saturated carbocycles. The third kappa shape index (κ3) is 3.98. The lowest BCUT2D eigenvalue weighted by atomic mass is 10.0. The molecule has 2 atom stereocenters. The molecule has 0 unspecified atom stereocenters. The molecule has 2 N–H and O–H groups in total. The molecule has 1 aliphatic rings. The van der Waals surface area contributed by atoms with Gasteiger partial charge < -0.3 is 20.1 Å². The summed E-state index contributed by atoms with van der Waals surface area (Å²) in [6, 6.07) is 0.135. The van der Waals surface area contributed by atoms with Crippen LogP contribution >= 0.6 is 0 Å². The fourth-order valence-corrected chi connectivity index (χ4v) is 1.76. The number of amides is 1. The summed E-state index contributed by atoms with van der Waals surface area (Å²) in [5.74, 6) is 0. The molecule has 0 aromatic carbocycles. The van der Waals surface area contributed by atoms with Crippen LogP contribution in [0, 0.1) is 0 Å². The average molecular weight is 230 g/mol. The molecule has 0 radical (unpaired) electrons. The van der Waals surface area contributed by atoms with Crippen LogP contribution in [0.5, 0.6) is 0 Å². The Morgan fingerprint density at radius 2 is 2.06 bits per heavy atom. The van der Waals surface area contributed by atoms with E-state index in [1.807, 2.05) is 27.8 Å². The van der Waals surface area contributed by atoms with Crippen molar-refractivity contribution in [2.24, 2.45) is 0 Å². The lowest BCUT2D eigenvalue weighted by Gasteiger charge is -2.36. The minimum atomic E-state index is -0.491. The van der Waals surface area contributed by atoms with Gasteiger partial charge in [0.05, 0.1) is 12.6 Å². The average Bonchev–Trinajstić information content (AvgIpc) is 2.14. The Hall–Kier alpha value is -0.810. The number of likely N-dealkylation sites (N-methyl/N-ethyl adjacent to an activating group) is 1. The molecule has 1 saturated heterocycles. The van der Waals surface area contributed by atoms with Gasteiger partial charge in [-0.1, -0.05) is 0 Å². The largest absolute Gasteiger partial charge is 0.444 e. The Morgan fingerprint density at radius 1 is 1.44 bits per heavy atom. The van der Waals surface area contributed by atoms with Crippen LogP contribution in [0.2, 0.25) is 0 Å². The third-order valence-corrected chi connectivity index (χ3v) is 2.49. The highest BCUT2D eigenvalue weighted by Gasteiger charge is 2.30. The molecule has 1 amide bonds. The van der Waals surface area contributed by atoms with Gasteiger partial charge in [-0.25, -0.2) is 4.79 Å². The van der Waals surface area contributed by atoms with E-state index in [1.165, 1.54) is 0 Å². The molecule has 94 valence electrons. The summed E-state index contributed by atoms with van der Waals surface area (Å²) in [5.41, 5.74) is -0.491. The molecule has 1 fully saturated rings. The Labute approximate surface area is 96.8 Å². The first kappa shape index (κ1) is 13.3. The van der Waals surface area contributed by atoms with Crippen LogP contribution in [0.25, 0.3) is 0 Å². The zero-order valence-corrected chi connectivity index (χ0v) is 10.5. The standard InChI is InChI=1S/C11H22N2O3/c1-11(2,3)16-10(15)13-6-8(12-4)5-9(14)7-13/h8-9,12,14H,5-7H2,1-4H3/t8-,9-/m1/s1. The van der Waals surface area contributed by atoms with Crippen LogP contribution < -0.4 is 5.32 Å². The predicted octanol–water partition coefficient (Wildman–Crippen LogP) is 0.576. The van der Waals surface area contributed by atoms with Gasteiger partial charge in [0.2, 0.25) is 0 Å². The van der Waals surface area contributed by atoms with Crippen molar-refractivity contribution in [1.29, 1.82) is 0 Å². The van der Waals surface area contributed by atoms with Crippen molar-refractivity contribution >= 4 is 6.09 Å². The van der Waals surface area contributed by atoms with Gasteiger partial charge in [-0.05, 0) is 34.2 Å². The molecular weight excluding hydrogens is 208 g/mol. The first-order valence-electron chi connectivity index (χ1n) is 5.65. The summed E-state index contributed by atoms with van der Waals surface area (Å²) >= 11 is 0. The maximum absolute atomic E-state index is 11.8. The molecular formula is C11H22N2O3. The summed E-state index contributed by atoms with van der Waals surface area (Å²) in [7, 11) is 1.83. The summed E-state index contributed by atoms with van der Waals surface area (Å²) in [5, 5.41) is 12.7. The van der Waals surface area contributed by atoms with E-state index in [0.29, 0.717) is 19.5 Å². The highest BCUT2D eigenvalue weighted by atomic mass is 16.6. The normalized spacial score (nSPS) is 26.7.